The molecule has 1 aromatic heterocycles. The molecule has 0 spiro atoms. The molecule has 0 aromatic carbocycles. The number of ether oxygens (including phenoxy) is 2. The summed E-state index contributed by atoms with van der Waals surface area (Å²) in [5, 5.41) is 2.73. The minimum Gasteiger partial charge on any atom is -0.469 e. The van der Waals surface area contributed by atoms with E-state index in [1.165, 1.54) is 6.26 Å². The van der Waals surface area contributed by atoms with E-state index in [0.29, 0.717) is 44.2 Å². The third kappa shape index (κ3) is 5.87. The van der Waals surface area contributed by atoms with E-state index < -0.39 is 0 Å². The number of hydrogen-bond acceptors (Lipinski definition) is 5. The minimum absolute atomic E-state index is 0.115. The number of amides is 2. The molecule has 0 radical (unpaired) electrons. The van der Waals surface area contributed by atoms with Crippen LogP contribution in [-0.4, -0.2) is 63.8 Å². The molecule has 7 heteroatoms. The van der Waals surface area contributed by atoms with Crippen LogP contribution in [0.2, 0.25) is 0 Å². The summed E-state index contributed by atoms with van der Waals surface area (Å²) in [6.07, 6.45) is 1.71. The number of carbonyl (C=O) groups excluding carboxylic acids is 2. The van der Waals surface area contributed by atoms with Gasteiger partial charge in [0.1, 0.15) is 5.76 Å². The highest BCUT2D eigenvalue weighted by Crippen LogP contribution is 2.12. The molecule has 124 valence electrons. The van der Waals surface area contributed by atoms with E-state index in [0.717, 1.165) is 0 Å². The molecular formula is C15H24N2O5. The van der Waals surface area contributed by atoms with Crippen molar-refractivity contribution < 1.29 is 23.5 Å². The Bertz CT molecular complexity index is 472. The van der Waals surface area contributed by atoms with Crippen LogP contribution < -0.4 is 5.32 Å². The van der Waals surface area contributed by atoms with Crippen molar-refractivity contribution in [2.45, 2.75) is 13.3 Å². The standard InChI is InChI=1S/C15H24N2O5/c1-12-13(5-9-22-12)15(19)17(8-11-21-3)7-4-14(18)16-6-10-20-2/h5,9H,4,6-8,10-11H2,1-3H3,(H,16,18). The second kappa shape index (κ2) is 9.97. The largest absolute Gasteiger partial charge is 0.469 e. The fourth-order valence-electron chi connectivity index (χ4n) is 1.91. The Morgan fingerprint density at radius 3 is 2.55 bits per heavy atom. The lowest BCUT2D eigenvalue weighted by atomic mass is 10.2. The highest BCUT2D eigenvalue weighted by atomic mass is 16.5. The maximum atomic E-state index is 12.5. The minimum atomic E-state index is -0.159. The Balaban J connectivity index is 2.55. The zero-order valence-corrected chi connectivity index (χ0v) is 13.4. The first kappa shape index (κ1) is 18.2. The number of carbonyl (C=O) groups is 2. The van der Waals surface area contributed by atoms with Gasteiger partial charge in [0.2, 0.25) is 5.91 Å². The number of methoxy groups -OCH3 is 2. The number of aryl methyl sites for hydroxylation is 1. The molecule has 0 aliphatic rings. The van der Waals surface area contributed by atoms with Crippen LogP contribution in [0.25, 0.3) is 0 Å². The fraction of sp³-hybridized carbons (Fsp3) is 0.600. The second-order valence-corrected chi connectivity index (χ2v) is 4.77. The van der Waals surface area contributed by atoms with Gasteiger partial charge in [-0.05, 0) is 13.0 Å². The maximum Gasteiger partial charge on any atom is 0.257 e. The van der Waals surface area contributed by atoms with Crippen molar-refractivity contribution in [1.29, 1.82) is 0 Å². The quantitative estimate of drug-likeness (QED) is 0.647. The summed E-state index contributed by atoms with van der Waals surface area (Å²) in [6, 6.07) is 1.64. The average Bonchev–Trinajstić information content (AvgIpc) is 2.93. The molecule has 22 heavy (non-hydrogen) atoms. The number of furan rings is 1. The average molecular weight is 312 g/mol. The van der Waals surface area contributed by atoms with Gasteiger partial charge < -0.3 is 24.1 Å². The van der Waals surface area contributed by atoms with E-state index in [4.69, 9.17) is 13.9 Å². The Morgan fingerprint density at radius 1 is 1.23 bits per heavy atom. The lowest BCUT2D eigenvalue weighted by Gasteiger charge is -2.22. The van der Waals surface area contributed by atoms with Gasteiger partial charge in [-0.3, -0.25) is 9.59 Å². The van der Waals surface area contributed by atoms with E-state index in [1.54, 1.807) is 32.1 Å². The monoisotopic (exact) mass is 312 g/mol. The van der Waals surface area contributed by atoms with Crippen LogP contribution in [-0.2, 0) is 14.3 Å². The molecule has 0 unspecified atom stereocenters. The van der Waals surface area contributed by atoms with Crippen LogP contribution >= 0.6 is 0 Å². The van der Waals surface area contributed by atoms with Crippen LogP contribution in [0, 0.1) is 6.92 Å². The smallest absolute Gasteiger partial charge is 0.257 e. The SMILES string of the molecule is COCCNC(=O)CCN(CCOC)C(=O)c1ccoc1C. The molecule has 0 fully saturated rings. The molecule has 0 atom stereocenters. The van der Waals surface area contributed by atoms with Crippen molar-refractivity contribution in [3.05, 3.63) is 23.7 Å². The third-order valence-electron chi connectivity index (χ3n) is 3.18. The zero-order chi connectivity index (χ0) is 16.4. The Hall–Kier alpha value is -1.86. The molecule has 0 bridgehead atoms. The summed E-state index contributed by atoms with van der Waals surface area (Å²) in [7, 11) is 3.15. The fourth-order valence-corrected chi connectivity index (χ4v) is 1.91. The van der Waals surface area contributed by atoms with Gasteiger partial charge in [0.05, 0.1) is 25.0 Å². The Morgan fingerprint density at radius 2 is 1.95 bits per heavy atom. The van der Waals surface area contributed by atoms with Gasteiger partial charge in [0, 0.05) is 40.3 Å². The maximum absolute atomic E-state index is 12.5. The van der Waals surface area contributed by atoms with Gasteiger partial charge in [-0.2, -0.15) is 0 Å². The van der Waals surface area contributed by atoms with Gasteiger partial charge >= 0.3 is 0 Å². The lowest BCUT2D eigenvalue weighted by molar-refractivity contribution is -0.121. The Labute approximate surface area is 130 Å². The first-order valence-corrected chi connectivity index (χ1v) is 7.18. The summed E-state index contributed by atoms with van der Waals surface area (Å²) < 4.78 is 15.0. The number of rotatable bonds is 10. The topological polar surface area (TPSA) is 81.0 Å². The molecule has 1 N–H and O–H groups in total. The van der Waals surface area contributed by atoms with E-state index in [1.807, 2.05) is 0 Å². The Kier molecular flexibility index (Phi) is 8.24. The predicted octanol–water partition coefficient (Wildman–Crippen LogP) is 0.829. The first-order chi connectivity index (χ1) is 10.6. The van der Waals surface area contributed by atoms with Gasteiger partial charge in [-0.1, -0.05) is 0 Å². The zero-order valence-electron chi connectivity index (χ0n) is 13.4. The van der Waals surface area contributed by atoms with Crippen molar-refractivity contribution in [3.8, 4) is 0 Å². The van der Waals surface area contributed by atoms with Crippen LogP contribution in [0.3, 0.4) is 0 Å². The summed E-state index contributed by atoms with van der Waals surface area (Å²) >= 11 is 0. The van der Waals surface area contributed by atoms with Crippen LogP contribution in [0.15, 0.2) is 16.7 Å². The van der Waals surface area contributed by atoms with Gasteiger partial charge in [0.25, 0.3) is 5.91 Å². The van der Waals surface area contributed by atoms with Crippen molar-refractivity contribution in [1.82, 2.24) is 10.2 Å². The normalized spacial score (nSPS) is 10.5. The van der Waals surface area contributed by atoms with Gasteiger partial charge in [0.15, 0.2) is 0 Å². The lowest BCUT2D eigenvalue weighted by Crippen LogP contribution is -2.38. The summed E-state index contributed by atoms with van der Waals surface area (Å²) in [4.78, 5) is 25.8. The summed E-state index contributed by atoms with van der Waals surface area (Å²) in [5.41, 5.74) is 0.510. The molecule has 1 heterocycles. The highest BCUT2D eigenvalue weighted by molar-refractivity contribution is 5.95. The van der Waals surface area contributed by atoms with Crippen molar-refractivity contribution in [3.63, 3.8) is 0 Å². The molecule has 0 saturated carbocycles. The molecule has 1 aromatic rings. The summed E-state index contributed by atoms with van der Waals surface area (Å²) in [6.45, 7) is 3.82. The molecule has 2 amide bonds. The van der Waals surface area contributed by atoms with Crippen molar-refractivity contribution in [2.24, 2.45) is 0 Å². The van der Waals surface area contributed by atoms with Gasteiger partial charge in [-0.25, -0.2) is 0 Å². The second-order valence-electron chi connectivity index (χ2n) is 4.77. The van der Waals surface area contributed by atoms with E-state index in [2.05, 4.69) is 5.32 Å². The van der Waals surface area contributed by atoms with Crippen LogP contribution in [0.4, 0.5) is 0 Å². The number of hydrogen-bond donors (Lipinski definition) is 1. The van der Waals surface area contributed by atoms with E-state index in [-0.39, 0.29) is 18.2 Å². The van der Waals surface area contributed by atoms with Crippen molar-refractivity contribution in [2.75, 3.05) is 47.1 Å². The van der Waals surface area contributed by atoms with Crippen molar-refractivity contribution >= 4 is 11.8 Å². The van der Waals surface area contributed by atoms with Crippen LogP contribution in [0.5, 0.6) is 0 Å². The molecular weight excluding hydrogens is 288 g/mol. The molecule has 1 rings (SSSR count). The van der Waals surface area contributed by atoms with E-state index in [9.17, 15) is 9.59 Å². The third-order valence-corrected chi connectivity index (χ3v) is 3.18. The molecule has 0 aliphatic heterocycles. The number of nitrogens with one attached hydrogen (secondary N) is 1. The predicted molar refractivity (Wildman–Crippen MR) is 80.7 cm³/mol. The van der Waals surface area contributed by atoms with E-state index >= 15 is 0 Å². The molecule has 7 nitrogen and oxygen atoms in total. The van der Waals surface area contributed by atoms with Crippen LogP contribution in [0.1, 0.15) is 22.5 Å². The summed E-state index contributed by atoms with van der Waals surface area (Å²) in [5.74, 6) is 0.293. The number of nitrogens with zero attached hydrogens (tertiary/aromatic N) is 1. The van der Waals surface area contributed by atoms with Gasteiger partial charge in [-0.15, -0.1) is 0 Å². The molecule has 0 saturated heterocycles. The first-order valence-electron chi connectivity index (χ1n) is 7.18. The molecule has 0 aliphatic carbocycles. The highest BCUT2D eigenvalue weighted by Gasteiger charge is 2.19.